The van der Waals surface area contributed by atoms with Gasteiger partial charge in [-0.15, -0.1) is 0 Å². The number of morpholine rings is 1. The molecule has 2 unspecified atom stereocenters. The smallest absolute Gasteiger partial charge is 0.0635 e. The number of hydrogen-bond acceptors (Lipinski definition) is 3. The predicted molar refractivity (Wildman–Crippen MR) is 52.9 cm³/mol. The molecule has 76 valence electrons. The van der Waals surface area contributed by atoms with Gasteiger partial charge in [0.1, 0.15) is 0 Å². The quantitative estimate of drug-likeness (QED) is 0.618. The highest BCUT2D eigenvalue weighted by Gasteiger charge is 2.35. The highest BCUT2D eigenvalue weighted by atomic mass is 16.5. The first kappa shape index (κ1) is 9.44. The molecule has 2 heterocycles. The molecule has 3 heteroatoms. The molecule has 0 spiro atoms. The van der Waals surface area contributed by atoms with Gasteiger partial charge in [-0.05, 0) is 20.0 Å². The molecule has 2 saturated heterocycles. The van der Waals surface area contributed by atoms with Crippen LogP contribution in [-0.2, 0) is 4.74 Å². The van der Waals surface area contributed by atoms with E-state index in [2.05, 4.69) is 23.8 Å². The van der Waals surface area contributed by atoms with Crippen molar-refractivity contribution < 1.29 is 4.74 Å². The van der Waals surface area contributed by atoms with Crippen molar-refractivity contribution in [3.05, 3.63) is 0 Å². The summed E-state index contributed by atoms with van der Waals surface area (Å²) in [5.74, 6) is 0. The van der Waals surface area contributed by atoms with Crippen LogP contribution in [-0.4, -0.2) is 61.8 Å². The number of rotatable bonds is 2. The summed E-state index contributed by atoms with van der Waals surface area (Å²) in [7, 11) is 2.22. The molecule has 0 amide bonds. The van der Waals surface area contributed by atoms with Gasteiger partial charge in [0, 0.05) is 25.2 Å². The molecule has 0 aliphatic carbocycles. The number of likely N-dealkylation sites (N-methyl/N-ethyl adjacent to an activating group) is 1. The lowest BCUT2D eigenvalue weighted by Gasteiger charge is -2.48. The van der Waals surface area contributed by atoms with Gasteiger partial charge in [-0.3, -0.25) is 4.90 Å². The van der Waals surface area contributed by atoms with Crippen LogP contribution < -0.4 is 0 Å². The van der Waals surface area contributed by atoms with Crippen LogP contribution >= 0.6 is 0 Å². The van der Waals surface area contributed by atoms with Gasteiger partial charge in [-0.25, -0.2) is 0 Å². The number of nitrogens with zero attached hydrogens (tertiary/aromatic N) is 2. The monoisotopic (exact) mass is 184 g/mol. The van der Waals surface area contributed by atoms with Crippen LogP contribution in [0.4, 0.5) is 0 Å². The molecule has 0 saturated carbocycles. The summed E-state index contributed by atoms with van der Waals surface area (Å²) in [6.45, 7) is 7.72. The third-order valence-electron chi connectivity index (χ3n) is 3.09. The Morgan fingerprint density at radius 1 is 1.23 bits per heavy atom. The molecule has 0 aromatic rings. The van der Waals surface area contributed by atoms with E-state index in [0.29, 0.717) is 12.1 Å². The van der Waals surface area contributed by atoms with E-state index in [9.17, 15) is 0 Å². The van der Waals surface area contributed by atoms with Gasteiger partial charge < -0.3 is 9.64 Å². The summed E-state index contributed by atoms with van der Waals surface area (Å²) in [5.41, 5.74) is 0. The van der Waals surface area contributed by atoms with Gasteiger partial charge in [-0.2, -0.15) is 0 Å². The Balaban J connectivity index is 2.01. The van der Waals surface area contributed by atoms with Crippen molar-refractivity contribution >= 4 is 0 Å². The van der Waals surface area contributed by atoms with Crippen molar-refractivity contribution in [2.24, 2.45) is 0 Å². The van der Waals surface area contributed by atoms with E-state index in [-0.39, 0.29) is 0 Å². The summed E-state index contributed by atoms with van der Waals surface area (Å²) >= 11 is 0. The second-order valence-corrected chi connectivity index (χ2v) is 4.30. The maximum Gasteiger partial charge on any atom is 0.0635 e. The van der Waals surface area contributed by atoms with E-state index in [1.54, 1.807) is 0 Å². The molecular formula is C10H20N2O. The van der Waals surface area contributed by atoms with Crippen molar-refractivity contribution in [2.45, 2.75) is 25.4 Å². The van der Waals surface area contributed by atoms with E-state index in [1.807, 2.05) is 0 Å². The average Bonchev–Trinajstić information content (AvgIpc) is 2.07. The Hall–Kier alpha value is -0.120. The molecule has 0 N–H and O–H groups in total. The number of ether oxygens (including phenoxy) is 1. The van der Waals surface area contributed by atoms with Gasteiger partial charge in [0.2, 0.25) is 0 Å². The minimum Gasteiger partial charge on any atom is -0.378 e. The standard InChI is InChI=1S/C10H20N2O/c1-3-4-12-9-5-11(2)6-10(12)8-13-7-9/h9-10H,3-8H2,1-2H3. The Morgan fingerprint density at radius 3 is 2.38 bits per heavy atom. The molecule has 0 radical (unpaired) electrons. The van der Waals surface area contributed by atoms with E-state index in [1.165, 1.54) is 26.1 Å². The van der Waals surface area contributed by atoms with Crippen molar-refractivity contribution in [3.63, 3.8) is 0 Å². The molecule has 0 aromatic carbocycles. The van der Waals surface area contributed by atoms with Crippen LogP contribution in [0.2, 0.25) is 0 Å². The second kappa shape index (κ2) is 3.95. The molecule has 2 atom stereocenters. The largest absolute Gasteiger partial charge is 0.378 e. The average molecular weight is 184 g/mol. The van der Waals surface area contributed by atoms with E-state index >= 15 is 0 Å². The minimum absolute atomic E-state index is 0.650. The van der Waals surface area contributed by atoms with Crippen molar-refractivity contribution in [1.82, 2.24) is 9.80 Å². The molecule has 2 fully saturated rings. The first-order chi connectivity index (χ1) is 6.31. The Kier molecular flexibility index (Phi) is 2.86. The van der Waals surface area contributed by atoms with Gasteiger partial charge in [0.25, 0.3) is 0 Å². The van der Waals surface area contributed by atoms with Gasteiger partial charge in [0.15, 0.2) is 0 Å². The summed E-state index contributed by atoms with van der Waals surface area (Å²) in [6, 6.07) is 1.30. The fraction of sp³-hybridized carbons (Fsp3) is 1.00. The van der Waals surface area contributed by atoms with Crippen molar-refractivity contribution in [1.29, 1.82) is 0 Å². The zero-order valence-electron chi connectivity index (χ0n) is 8.70. The summed E-state index contributed by atoms with van der Waals surface area (Å²) in [4.78, 5) is 5.08. The topological polar surface area (TPSA) is 15.7 Å². The second-order valence-electron chi connectivity index (χ2n) is 4.30. The molecule has 0 aromatic heterocycles. The number of fused-ring (bicyclic) bond motifs is 2. The maximum absolute atomic E-state index is 5.59. The lowest BCUT2D eigenvalue weighted by molar-refractivity contribution is -0.0919. The van der Waals surface area contributed by atoms with E-state index < -0.39 is 0 Å². The van der Waals surface area contributed by atoms with Crippen LogP contribution in [0, 0.1) is 0 Å². The zero-order chi connectivity index (χ0) is 9.26. The highest BCUT2D eigenvalue weighted by molar-refractivity contribution is 4.90. The van der Waals surface area contributed by atoms with Crippen LogP contribution in [0.15, 0.2) is 0 Å². The Bertz CT molecular complexity index is 160. The first-order valence-corrected chi connectivity index (χ1v) is 5.33. The van der Waals surface area contributed by atoms with Gasteiger partial charge >= 0.3 is 0 Å². The lowest BCUT2D eigenvalue weighted by Crippen LogP contribution is -2.63. The normalized spacial score (nSPS) is 36.5. The van der Waals surface area contributed by atoms with Crippen molar-refractivity contribution in [2.75, 3.05) is 39.9 Å². The van der Waals surface area contributed by atoms with E-state index in [0.717, 1.165) is 13.2 Å². The molecule has 13 heavy (non-hydrogen) atoms. The first-order valence-electron chi connectivity index (χ1n) is 5.33. The SMILES string of the molecule is CCCN1C2COCC1CN(C)C2. The Labute approximate surface area is 80.6 Å². The minimum atomic E-state index is 0.650. The van der Waals surface area contributed by atoms with Crippen molar-refractivity contribution in [3.8, 4) is 0 Å². The molecule has 2 rings (SSSR count). The third kappa shape index (κ3) is 1.87. The van der Waals surface area contributed by atoms with Crippen LogP contribution in [0.5, 0.6) is 0 Å². The lowest BCUT2D eigenvalue weighted by atomic mass is 10.0. The highest BCUT2D eigenvalue weighted by Crippen LogP contribution is 2.20. The van der Waals surface area contributed by atoms with Crippen LogP contribution in [0.1, 0.15) is 13.3 Å². The van der Waals surface area contributed by atoms with Gasteiger partial charge in [0.05, 0.1) is 13.2 Å². The summed E-state index contributed by atoms with van der Waals surface area (Å²) < 4.78 is 5.59. The number of piperazine rings is 1. The summed E-state index contributed by atoms with van der Waals surface area (Å²) in [5, 5.41) is 0. The predicted octanol–water partition coefficient (Wildman–Crippen LogP) is 0.411. The summed E-state index contributed by atoms with van der Waals surface area (Å²) in [6.07, 6.45) is 1.26. The fourth-order valence-electron chi connectivity index (χ4n) is 2.56. The number of hydrogen-bond donors (Lipinski definition) is 0. The van der Waals surface area contributed by atoms with Crippen LogP contribution in [0.3, 0.4) is 0 Å². The molecule has 2 bridgehead atoms. The Morgan fingerprint density at radius 2 is 1.85 bits per heavy atom. The van der Waals surface area contributed by atoms with Gasteiger partial charge in [-0.1, -0.05) is 6.92 Å². The molecular weight excluding hydrogens is 164 g/mol. The molecule has 2 aliphatic heterocycles. The zero-order valence-corrected chi connectivity index (χ0v) is 8.70. The maximum atomic E-state index is 5.59. The third-order valence-corrected chi connectivity index (χ3v) is 3.09. The molecule has 2 aliphatic rings. The fourth-order valence-corrected chi connectivity index (χ4v) is 2.56. The van der Waals surface area contributed by atoms with E-state index in [4.69, 9.17) is 4.74 Å². The molecule has 3 nitrogen and oxygen atoms in total. The van der Waals surface area contributed by atoms with Crippen LogP contribution in [0.25, 0.3) is 0 Å².